The topological polar surface area (TPSA) is 50.1 Å². The van der Waals surface area contributed by atoms with Crippen LogP contribution in [0.15, 0.2) is 42.5 Å². The van der Waals surface area contributed by atoms with Crippen LogP contribution in [0.2, 0.25) is 5.02 Å². The molecule has 0 heterocycles. The molecule has 0 spiro atoms. The molecule has 0 bridgehead atoms. The summed E-state index contributed by atoms with van der Waals surface area (Å²) in [5.41, 5.74) is 0.712. The van der Waals surface area contributed by atoms with Gasteiger partial charge in [0.2, 0.25) is 0 Å². The summed E-state index contributed by atoms with van der Waals surface area (Å²) in [5, 5.41) is 9.71. The monoisotopic (exact) mass is 317 g/mol. The standard InChI is InChI=1S/C17H13ClFNO2/c1-2-22-17(21)16(11-6-8-12(18)9-7-11)13-4-3-5-15(19)14(13)10-20/h3-9,16H,2H2,1H3. The lowest BCUT2D eigenvalue weighted by molar-refractivity contribution is -0.143. The van der Waals surface area contributed by atoms with Crippen LogP contribution >= 0.6 is 11.6 Å². The van der Waals surface area contributed by atoms with E-state index in [1.54, 1.807) is 37.3 Å². The number of esters is 1. The molecule has 0 saturated heterocycles. The Morgan fingerprint density at radius 1 is 1.32 bits per heavy atom. The van der Waals surface area contributed by atoms with Gasteiger partial charge in [-0.2, -0.15) is 5.26 Å². The lowest BCUT2D eigenvalue weighted by Gasteiger charge is -2.18. The molecule has 3 nitrogen and oxygen atoms in total. The Balaban J connectivity index is 2.59. The number of benzene rings is 2. The van der Waals surface area contributed by atoms with E-state index >= 15 is 0 Å². The van der Waals surface area contributed by atoms with E-state index in [1.807, 2.05) is 6.07 Å². The van der Waals surface area contributed by atoms with Crippen molar-refractivity contribution in [3.8, 4) is 6.07 Å². The predicted octanol–water partition coefficient (Wildman–Crippen LogP) is 4.05. The lowest BCUT2D eigenvalue weighted by atomic mass is 9.88. The lowest BCUT2D eigenvalue weighted by Crippen LogP contribution is -2.18. The second-order valence-corrected chi connectivity index (χ2v) is 4.99. The number of nitrogens with zero attached hydrogens (tertiary/aromatic N) is 1. The van der Waals surface area contributed by atoms with Gasteiger partial charge in [0.15, 0.2) is 0 Å². The third kappa shape index (κ3) is 3.26. The van der Waals surface area contributed by atoms with Crippen molar-refractivity contribution in [2.45, 2.75) is 12.8 Å². The van der Waals surface area contributed by atoms with Gasteiger partial charge in [-0.25, -0.2) is 4.39 Å². The molecule has 112 valence electrons. The average Bonchev–Trinajstić information content (AvgIpc) is 2.50. The van der Waals surface area contributed by atoms with Gasteiger partial charge < -0.3 is 4.74 Å². The fourth-order valence-electron chi connectivity index (χ4n) is 2.22. The average molecular weight is 318 g/mol. The van der Waals surface area contributed by atoms with Crippen molar-refractivity contribution in [2.24, 2.45) is 0 Å². The maximum absolute atomic E-state index is 13.8. The summed E-state index contributed by atoms with van der Waals surface area (Å²) >= 11 is 5.86. The highest BCUT2D eigenvalue weighted by atomic mass is 35.5. The molecule has 0 fully saturated rings. The molecule has 0 aliphatic rings. The molecule has 0 amide bonds. The van der Waals surface area contributed by atoms with Crippen LogP contribution in [0.5, 0.6) is 0 Å². The highest BCUT2D eigenvalue weighted by Crippen LogP contribution is 2.30. The van der Waals surface area contributed by atoms with E-state index in [0.717, 1.165) is 0 Å². The minimum atomic E-state index is -0.873. The summed E-state index contributed by atoms with van der Waals surface area (Å²) in [5.74, 6) is -2.07. The first kappa shape index (κ1) is 16.0. The molecule has 0 saturated carbocycles. The Hall–Kier alpha value is -2.38. The van der Waals surface area contributed by atoms with E-state index in [0.29, 0.717) is 10.6 Å². The highest BCUT2D eigenvalue weighted by molar-refractivity contribution is 6.30. The Morgan fingerprint density at radius 2 is 2.00 bits per heavy atom. The van der Waals surface area contributed by atoms with Crippen molar-refractivity contribution in [3.63, 3.8) is 0 Å². The summed E-state index contributed by atoms with van der Waals surface area (Å²) in [4.78, 5) is 12.3. The van der Waals surface area contributed by atoms with Gasteiger partial charge in [-0.15, -0.1) is 0 Å². The molecular weight excluding hydrogens is 305 g/mol. The zero-order valence-electron chi connectivity index (χ0n) is 11.8. The maximum atomic E-state index is 13.8. The number of hydrogen-bond donors (Lipinski definition) is 0. The number of halogens is 2. The molecular formula is C17H13ClFNO2. The van der Waals surface area contributed by atoms with Crippen LogP contribution in [-0.2, 0) is 9.53 Å². The van der Waals surface area contributed by atoms with E-state index in [2.05, 4.69) is 0 Å². The summed E-state index contributed by atoms with van der Waals surface area (Å²) in [6, 6.07) is 12.6. The van der Waals surface area contributed by atoms with Gasteiger partial charge in [0.1, 0.15) is 17.8 Å². The number of hydrogen-bond acceptors (Lipinski definition) is 3. The van der Waals surface area contributed by atoms with Gasteiger partial charge in [0.05, 0.1) is 12.2 Å². The zero-order valence-corrected chi connectivity index (χ0v) is 12.6. The molecule has 0 radical (unpaired) electrons. The van der Waals surface area contributed by atoms with Crippen LogP contribution in [-0.4, -0.2) is 12.6 Å². The normalized spacial score (nSPS) is 11.5. The Morgan fingerprint density at radius 3 is 2.59 bits per heavy atom. The zero-order chi connectivity index (χ0) is 16.1. The van der Waals surface area contributed by atoms with Crippen molar-refractivity contribution in [2.75, 3.05) is 6.61 Å². The first-order valence-corrected chi connectivity index (χ1v) is 7.06. The van der Waals surface area contributed by atoms with E-state index in [4.69, 9.17) is 16.3 Å². The quantitative estimate of drug-likeness (QED) is 0.799. The number of carbonyl (C=O) groups excluding carboxylic acids is 1. The second-order valence-electron chi connectivity index (χ2n) is 4.55. The van der Waals surface area contributed by atoms with Gasteiger partial charge >= 0.3 is 5.97 Å². The van der Waals surface area contributed by atoms with Gasteiger partial charge in [0, 0.05) is 5.02 Å². The SMILES string of the molecule is CCOC(=O)C(c1ccc(Cl)cc1)c1cccc(F)c1C#N. The van der Waals surface area contributed by atoms with Crippen LogP contribution in [0.3, 0.4) is 0 Å². The van der Waals surface area contributed by atoms with Gasteiger partial charge in [-0.1, -0.05) is 35.9 Å². The molecule has 22 heavy (non-hydrogen) atoms. The summed E-state index contributed by atoms with van der Waals surface area (Å²) < 4.78 is 18.9. The molecule has 0 aliphatic carbocycles. The summed E-state index contributed by atoms with van der Waals surface area (Å²) in [6.07, 6.45) is 0. The minimum absolute atomic E-state index is 0.157. The molecule has 5 heteroatoms. The first-order chi connectivity index (χ1) is 10.6. The molecule has 0 aliphatic heterocycles. The third-order valence-corrected chi connectivity index (χ3v) is 3.45. The smallest absolute Gasteiger partial charge is 0.317 e. The van der Waals surface area contributed by atoms with Crippen molar-refractivity contribution >= 4 is 17.6 Å². The maximum Gasteiger partial charge on any atom is 0.317 e. The van der Waals surface area contributed by atoms with E-state index in [1.165, 1.54) is 12.1 Å². The third-order valence-electron chi connectivity index (χ3n) is 3.19. The molecule has 0 N–H and O–H groups in total. The number of nitriles is 1. The predicted molar refractivity (Wildman–Crippen MR) is 81.0 cm³/mol. The number of ether oxygens (including phenoxy) is 1. The first-order valence-electron chi connectivity index (χ1n) is 6.69. The Bertz CT molecular complexity index is 722. The molecule has 1 unspecified atom stereocenters. The summed E-state index contributed by atoms with van der Waals surface area (Å²) in [6.45, 7) is 1.88. The largest absolute Gasteiger partial charge is 0.465 e. The van der Waals surface area contributed by atoms with Crippen LogP contribution in [0.1, 0.15) is 29.5 Å². The fraction of sp³-hybridized carbons (Fsp3) is 0.176. The van der Waals surface area contributed by atoms with E-state index in [-0.39, 0.29) is 17.7 Å². The van der Waals surface area contributed by atoms with Gasteiger partial charge in [-0.05, 0) is 36.2 Å². The number of rotatable bonds is 4. The van der Waals surface area contributed by atoms with Crippen LogP contribution < -0.4 is 0 Å². The van der Waals surface area contributed by atoms with Crippen LogP contribution in [0.4, 0.5) is 4.39 Å². The summed E-state index contributed by atoms with van der Waals surface area (Å²) in [7, 11) is 0. The van der Waals surface area contributed by atoms with Gasteiger partial charge in [0.25, 0.3) is 0 Å². The Labute approximate surface area is 132 Å². The minimum Gasteiger partial charge on any atom is -0.465 e. The number of carbonyl (C=O) groups is 1. The molecule has 1 atom stereocenters. The van der Waals surface area contributed by atoms with E-state index in [9.17, 15) is 14.4 Å². The second kappa shape index (κ2) is 7.06. The van der Waals surface area contributed by atoms with E-state index < -0.39 is 17.7 Å². The van der Waals surface area contributed by atoms with Crippen LogP contribution in [0.25, 0.3) is 0 Å². The van der Waals surface area contributed by atoms with Crippen molar-refractivity contribution in [3.05, 3.63) is 70.0 Å². The fourth-order valence-corrected chi connectivity index (χ4v) is 2.35. The van der Waals surface area contributed by atoms with Crippen molar-refractivity contribution < 1.29 is 13.9 Å². The molecule has 2 aromatic rings. The van der Waals surface area contributed by atoms with Crippen molar-refractivity contribution in [1.82, 2.24) is 0 Å². The van der Waals surface area contributed by atoms with Crippen molar-refractivity contribution in [1.29, 1.82) is 5.26 Å². The molecule has 2 rings (SSSR count). The Kier molecular flexibility index (Phi) is 5.13. The molecule has 2 aromatic carbocycles. The highest BCUT2D eigenvalue weighted by Gasteiger charge is 2.27. The van der Waals surface area contributed by atoms with Crippen LogP contribution in [0, 0.1) is 17.1 Å². The molecule has 0 aromatic heterocycles. The van der Waals surface area contributed by atoms with Gasteiger partial charge in [-0.3, -0.25) is 4.79 Å².